The molecular formula is C22H23NO9S. The number of primary amides is 1. The standard InChI is InChI=1S/C22H23NO9S/c1-8-3-10(7-33(2,31)32)17(25)15-12(8)5-9-4-11-6-13(24)16(21(23)29)20(28)22(11,30)19(27)14(9)18(15)26/h3,9,11,14,16,25,30H,4-7H2,1-2H3,(H2,23,29)/t9-,11+,14?,16?,22+/m1/s1. The van der Waals surface area contributed by atoms with Gasteiger partial charge in [-0.25, -0.2) is 8.42 Å². The molecule has 2 fully saturated rings. The van der Waals surface area contributed by atoms with Crippen molar-refractivity contribution in [3.8, 4) is 5.75 Å². The molecule has 10 nitrogen and oxygen atoms in total. The molecule has 0 aromatic heterocycles. The Morgan fingerprint density at radius 3 is 2.39 bits per heavy atom. The minimum Gasteiger partial charge on any atom is -0.507 e. The zero-order valence-electron chi connectivity index (χ0n) is 18.0. The predicted octanol–water partition coefficient (Wildman–Crippen LogP) is -0.820. The van der Waals surface area contributed by atoms with Gasteiger partial charge in [0.2, 0.25) is 5.91 Å². The van der Waals surface area contributed by atoms with Crippen molar-refractivity contribution in [2.24, 2.45) is 29.4 Å². The maximum absolute atomic E-state index is 13.4. The van der Waals surface area contributed by atoms with Crippen molar-refractivity contribution in [1.29, 1.82) is 0 Å². The summed E-state index contributed by atoms with van der Waals surface area (Å²) in [5, 5.41) is 21.9. The molecule has 2 unspecified atom stereocenters. The number of hydrogen-bond acceptors (Lipinski definition) is 9. The van der Waals surface area contributed by atoms with Crippen molar-refractivity contribution in [2.75, 3.05) is 6.26 Å². The summed E-state index contributed by atoms with van der Waals surface area (Å²) in [5.74, 6) is -11.5. The van der Waals surface area contributed by atoms with Gasteiger partial charge in [0.05, 0.1) is 17.2 Å². The third-order valence-corrected chi connectivity index (χ3v) is 7.96. The monoisotopic (exact) mass is 477 g/mol. The Morgan fingerprint density at radius 1 is 1.18 bits per heavy atom. The van der Waals surface area contributed by atoms with Crippen molar-refractivity contribution in [1.82, 2.24) is 0 Å². The van der Waals surface area contributed by atoms with Crippen molar-refractivity contribution >= 4 is 38.9 Å². The molecule has 11 heteroatoms. The van der Waals surface area contributed by atoms with E-state index in [1.165, 1.54) is 6.07 Å². The summed E-state index contributed by atoms with van der Waals surface area (Å²) in [7, 11) is -3.55. The molecule has 1 aromatic carbocycles. The molecule has 4 rings (SSSR count). The summed E-state index contributed by atoms with van der Waals surface area (Å²) < 4.78 is 23.5. The Bertz CT molecular complexity index is 1260. The number of amides is 1. The predicted molar refractivity (Wildman–Crippen MR) is 112 cm³/mol. The lowest BCUT2D eigenvalue weighted by Gasteiger charge is -2.48. The number of benzene rings is 1. The molecule has 0 aliphatic heterocycles. The van der Waals surface area contributed by atoms with E-state index in [-0.39, 0.29) is 24.0 Å². The number of carbonyl (C=O) groups excluding carboxylic acids is 5. The van der Waals surface area contributed by atoms with E-state index in [4.69, 9.17) is 5.73 Å². The van der Waals surface area contributed by atoms with Gasteiger partial charge in [-0.05, 0) is 36.8 Å². The molecule has 3 aliphatic carbocycles. The lowest BCUT2D eigenvalue weighted by molar-refractivity contribution is -0.175. The minimum absolute atomic E-state index is 0.00629. The van der Waals surface area contributed by atoms with Crippen LogP contribution in [0, 0.1) is 30.6 Å². The number of carbonyl (C=O) groups is 5. The molecule has 3 aliphatic rings. The number of nitrogens with two attached hydrogens (primary N) is 1. The summed E-state index contributed by atoms with van der Waals surface area (Å²) >= 11 is 0. The van der Waals surface area contributed by atoms with E-state index >= 15 is 0 Å². The van der Waals surface area contributed by atoms with E-state index in [1.54, 1.807) is 6.92 Å². The van der Waals surface area contributed by atoms with Crippen LogP contribution in [0.15, 0.2) is 6.07 Å². The van der Waals surface area contributed by atoms with E-state index in [9.17, 15) is 42.6 Å². The van der Waals surface area contributed by atoms with Gasteiger partial charge in [0.25, 0.3) is 0 Å². The van der Waals surface area contributed by atoms with Crippen LogP contribution in [-0.4, -0.2) is 59.5 Å². The van der Waals surface area contributed by atoms with Crippen molar-refractivity contribution in [2.45, 2.75) is 37.5 Å². The van der Waals surface area contributed by atoms with Crippen LogP contribution in [0.25, 0.3) is 0 Å². The fourth-order valence-electron chi connectivity index (χ4n) is 5.68. The summed E-state index contributed by atoms with van der Waals surface area (Å²) in [5.41, 5.74) is 3.26. The van der Waals surface area contributed by atoms with Gasteiger partial charge < -0.3 is 15.9 Å². The highest BCUT2D eigenvalue weighted by Crippen LogP contribution is 2.50. The molecular weight excluding hydrogens is 454 g/mol. The largest absolute Gasteiger partial charge is 0.507 e. The fourth-order valence-corrected chi connectivity index (χ4v) is 6.47. The first-order chi connectivity index (χ1) is 15.2. The average molecular weight is 477 g/mol. The van der Waals surface area contributed by atoms with Gasteiger partial charge >= 0.3 is 0 Å². The smallest absolute Gasteiger partial charge is 0.235 e. The van der Waals surface area contributed by atoms with Crippen LogP contribution in [0.2, 0.25) is 0 Å². The van der Waals surface area contributed by atoms with E-state index in [0.29, 0.717) is 11.1 Å². The van der Waals surface area contributed by atoms with Crippen LogP contribution >= 0.6 is 0 Å². The summed E-state index contributed by atoms with van der Waals surface area (Å²) in [4.78, 5) is 63.7. The fraction of sp³-hybridized carbons (Fsp3) is 0.500. The van der Waals surface area contributed by atoms with Crippen molar-refractivity contribution in [3.05, 3.63) is 28.3 Å². The number of phenolic OH excluding ortho intramolecular Hbond substituents is 1. The summed E-state index contributed by atoms with van der Waals surface area (Å²) in [6.45, 7) is 1.66. The van der Waals surface area contributed by atoms with E-state index in [0.717, 1.165) is 6.26 Å². The quantitative estimate of drug-likeness (QED) is 0.468. The normalized spacial score (nSPS) is 31.6. The van der Waals surface area contributed by atoms with Crippen LogP contribution < -0.4 is 5.73 Å². The van der Waals surface area contributed by atoms with Gasteiger partial charge in [0, 0.05) is 24.2 Å². The highest BCUT2D eigenvalue weighted by molar-refractivity contribution is 7.89. The van der Waals surface area contributed by atoms with E-state index in [1.807, 2.05) is 0 Å². The van der Waals surface area contributed by atoms with Crippen LogP contribution in [0.5, 0.6) is 5.75 Å². The Balaban J connectivity index is 1.82. The highest BCUT2D eigenvalue weighted by Gasteiger charge is 2.66. The van der Waals surface area contributed by atoms with Crippen LogP contribution in [0.1, 0.15) is 39.9 Å². The summed E-state index contributed by atoms with van der Waals surface area (Å²) in [6, 6.07) is 1.48. The average Bonchev–Trinajstić information content (AvgIpc) is 2.67. The Hall–Kier alpha value is -2.92. The van der Waals surface area contributed by atoms with Gasteiger partial charge in [0.15, 0.2) is 44.5 Å². The maximum atomic E-state index is 13.4. The number of aromatic hydroxyl groups is 1. The second kappa shape index (κ2) is 7.29. The third-order valence-electron chi connectivity index (χ3n) is 7.12. The molecule has 33 heavy (non-hydrogen) atoms. The first kappa shape index (κ1) is 23.2. The van der Waals surface area contributed by atoms with Crippen LogP contribution in [0.3, 0.4) is 0 Å². The number of ketones is 4. The Morgan fingerprint density at radius 2 is 1.82 bits per heavy atom. The molecule has 1 aromatic rings. The number of fused-ring (bicyclic) bond motifs is 3. The van der Waals surface area contributed by atoms with Crippen LogP contribution in [-0.2, 0) is 41.2 Å². The molecule has 5 atom stereocenters. The SMILES string of the molecule is Cc1cc(CS(C)(=O)=O)c(O)c2c1C[C@H]1C[C@H]3CC(=O)C(C(N)=O)C(=O)[C@@]3(O)C(=O)C1C2=O. The number of aryl methyl sites for hydroxylation is 1. The molecule has 2 saturated carbocycles. The van der Waals surface area contributed by atoms with Gasteiger partial charge in [-0.15, -0.1) is 0 Å². The molecule has 0 bridgehead atoms. The number of Topliss-reactive ketones (excluding diaryl/α,β-unsaturated/α-hetero) is 4. The number of sulfone groups is 1. The highest BCUT2D eigenvalue weighted by atomic mass is 32.2. The first-order valence-electron chi connectivity index (χ1n) is 10.4. The first-order valence-corrected chi connectivity index (χ1v) is 12.4. The number of phenols is 1. The van der Waals surface area contributed by atoms with Crippen LogP contribution in [0.4, 0.5) is 0 Å². The lowest BCUT2D eigenvalue weighted by Crippen LogP contribution is -2.68. The topological polar surface area (TPSA) is 186 Å². The van der Waals surface area contributed by atoms with Gasteiger partial charge in [-0.3, -0.25) is 24.0 Å². The molecule has 176 valence electrons. The van der Waals surface area contributed by atoms with E-state index < -0.39 is 86.1 Å². The lowest BCUT2D eigenvalue weighted by atomic mass is 9.53. The Kier molecular flexibility index (Phi) is 5.14. The minimum atomic E-state index is -3.55. The second-order valence-corrected chi connectivity index (χ2v) is 11.5. The molecule has 4 N–H and O–H groups in total. The van der Waals surface area contributed by atoms with Gasteiger partial charge in [-0.2, -0.15) is 0 Å². The second-order valence-electron chi connectivity index (χ2n) is 9.36. The van der Waals surface area contributed by atoms with Gasteiger partial charge in [0.1, 0.15) is 5.75 Å². The Labute approximate surface area is 189 Å². The molecule has 0 radical (unpaired) electrons. The molecule has 0 heterocycles. The van der Waals surface area contributed by atoms with E-state index in [2.05, 4.69) is 0 Å². The third kappa shape index (κ3) is 3.33. The molecule has 1 amide bonds. The van der Waals surface area contributed by atoms with Crippen molar-refractivity contribution in [3.63, 3.8) is 0 Å². The number of aliphatic hydroxyl groups is 1. The maximum Gasteiger partial charge on any atom is 0.235 e. The summed E-state index contributed by atoms with van der Waals surface area (Å²) in [6.07, 6.45) is 0.741. The molecule has 0 spiro atoms. The zero-order valence-corrected chi connectivity index (χ0v) is 18.8. The zero-order chi connectivity index (χ0) is 24.6. The number of rotatable bonds is 3. The van der Waals surface area contributed by atoms with Gasteiger partial charge in [-0.1, -0.05) is 6.07 Å². The van der Waals surface area contributed by atoms with Crippen molar-refractivity contribution < 1.29 is 42.6 Å². The number of hydrogen-bond donors (Lipinski definition) is 3. The molecule has 0 saturated heterocycles.